The second kappa shape index (κ2) is 9.15. The average Bonchev–Trinajstić information content (AvgIpc) is 2.30. The quantitative estimate of drug-likeness (QED) is 0.632. The van der Waals surface area contributed by atoms with Crippen LogP contribution in [0.25, 0.3) is 0 Å². The number of amides is 1. The molecule has 19 heavy (non-hydrogen) atoms. The molecule has 2 atom stereocenters. The first-order chi connectivity index (χ1) is 8.78. The van der Waals surface area contributed by atoms with Gasteiger partial charge in [0.2, 0.25) is 0 Å². The Labute approximate surface area is 117 Å². The first-order valence-corrected chi connectivity index (χ1v) is 7.21. The summed E-state index contributed by atoms with van der Waals surface area (Å²) >= 11 is 0. The molecule has 2 unspecified atom stereocenters. The standard InChI is InChI=1S/C14H31N3O2/c1-6-7-8-12(17-11(2)9-15)10-16-13(18)19-14(3,4)5/h11-12,17H,6-10,15H2,1-5H3,(H,16,18). The normalized spacial score (nSPS) is 14.8. The summed E-state index contributed by atoms with van der Waals surface area (Å²) in [5, 5.41) is 6.24. The lowest BCUT2D eigenvalue weighted by atomic mass is 10.1. The van der Waals surface area contributed by atoms with Gasteiger partial charge in [-0.05, 0) is 34.1 Å². The van der Waals surface area contributed by atoms with Crippen molar-refractivity contribution in [3.05, 3.63) is 0 Å². The number of carbonyl (C=O) groups is 1. The molecule has 0 bridgehead atoms. The van der Waals surface area contributed by atoms with Gasteiger partial charge in [-0.3, -0.25) is 0 Å². The van der Waals surface area contributed by atoms with Crippen LogP contribution in [0, 0.1) is 0 Å². The molecule has 0 fully saturated rings. The van der Waals surface area contributed by atoms with Crippen LogP contribution in [-0.2, 0) is 4.74 Å². The predicted octanol–water partition coefficient (Wildman–Crippen LogP) is 2.01. The Balaban J connectivity index is 4.13. The average molecular weight is 273 g/mol. The molecule has 0 aromatic carbocycles. The first-order valence-electron chi connectivity index (χ1n) is 7.21. The lowest BCUT2D eigenvalue weighted by Gasteiger charge is -2.24. The summed E-state index contributed by atoms with van der Waals surface area (Å²) in [6, 6.07) is 0.494. The summed E-state index contributed by atoms with van der Waals surface area (Å²) in [6.07, 6.45) is 2.93. The third-order valence-electron chi connectivity index (χ3n) is 2.67. The fourth-order valence-electron chi connectivity index (χ4n) is 1.69. The molecule has 0 aromatic heterocycles. The zero-order valence-electron chi connectivity index (χ0n) is 13.1. The second-order valence-corrected chi connectivity index (χ2v) is 6.03. The van der Waals surface area contributed by atoms with E-state index in [-0.39, 0.29) is 18.2 Å². The van der Waals surface area contributed by atoms with Crippen molar-refractivity contribution in [2.24, 2.45) is 5.73 Å². The van der Waals surface area contributed by atoms with Crippen LogP contribution < -0.4 is 16.4 Å². The van der Waals surface area contributed by atoms with Crippen molar-refractivity contribution in [1.29, 1.82) is 0 Å². The monoisotopic (exact) mass is 273 g/mol. The lowest BCUT2D eigenvalue weighted by molar-refractivity contribution is 0.0521. The van der Waals surface area contributed by atoms with Crippen LogP contribution in [0.1, 0.15) is 53.9 Å². The summed E-state index contributed by atoms with van der Waals surface area (Å²) in [6.45, 7) is 10.9. The third-order valence-corrected chi connectivity index (χ3v) is 2.67. The Bertz CT molecular complexity index is 252. The Kier molecular flexibility index (Phi) is 8.76. The Hall–Kier alpha value is -0.810. The van der Waals surface area contributed by atoms with E-state index in [1.165, 1.54) is 0 Å². The minimum absolute atomic E-state index is 0.242. The van der Waals surface area contributed by atoms with Crippen LogP contribution in [0.3, 0.4) is 0 Å². The van der Waals surface area contributed by atoms with Gasteiger partial charge < -0.3 is 21.1 Å². The van der Waals surface area contributed by atoms with Crippen molar-refractivity contribution in [2.75, 3.05) is 13.1 Å². The summed E-state index contributed by atoms with van der Waals surface area (Å²) in [7, 11) is 0. The Morgan fingerprint density at radius 1 is 1.37 bits per heavy atom. The van der Waals surface area contributed by atoms with Gasteiger partial charge in [0, 0.05) is 25.2 Å². The van der Waals surface area contributed by atoms with E-state index in [0.717, 1.165) is 19.3 Å². The highest BCUT2D eigenvalue weighted by molar-refractivity contribution is 5.67. The molecule has 0 rings (SSSR count). The zero-order valence-corrected chi connectivity index (χ0v) is 13.1. The van der Waals surface area contributed by atoms with Crippen molar-refractivity contribution in [3.63, 3.8) is 0 Å². The van der Waals surface area contributed by atoms with E-state index >= 15 is 0 Å². The molecule has 0 aromatic rings. The molecule has 0 aliphatic carbocycles. The molecule has 1 amide bonds. The van der Waals surface area contributed by atoms with Crippen molar-refractivity contribution < 1.29 is 9.53 Å². The summed E-state index contributed by atoms with van der Waals surface area (Å²) in [4.78, 5) is 11.6. The fraction of sp³-hybridized carbons (Fsp3) is 0.929. The molecule has 5 nitrogen and oxygen atoms in total. The maximum Gasteiger partial charge on any atom is 0.407 e. The molecule has 0 saturated heterocycles. The molecule has 0 aliphatic heterocycles. The van der Waals surface area contributed by atoms with E-state index in [2.05, 4.69) is 17.6 Å². The highest BCUT2D eigenvalue weighted by Crippen LogP contribution is 2.07. The third kappa shape index (κ3) is 10.8. The molecule has 4 N–H and O–H groups in total. The van der Waals surface area contributed by atoms with Crippen LogP contribution in [0.4, 0.5) is 4.79 Å². The SMILES string of the molecule is CCCCC(CNC(=O)OC(C)(C)C)NC(C)CN. The molecule has 5 heteroatoms. The van der Waals surface area contributed by atoms with E-state index in [1.54, 1.807) is 0 Å². The number of unbranched alkanes of at least 4 members (excludes halogenated alkanes) is 1. The van der Waals surface area contributed by atoms with Gasteiger partial charge in [-0.2, -0.15) is 0 Å². The van der Waals surface area contributed by atoms with Gasteiger partial charge in [0.05, 0.1) is 0 Å². The highest BCUT2D eigenvalue weighted by atomic mass is 16.6. The second-order valence-electron chi connectivity index (χ2n) is 6.03. The molecule has 114 valence electrons. The largest absolute Gasteiger partial charge is 0.444 e. The van der Waals surface area contributed by atoms with Crippen LogP contribution in [-0.4, -0.2) is 36.9 Å². The van der Waals surface area contributed by atoms with E-state index in [1.807, 2.05) is 27.7 Å². The van der Waals surface area contributed by atoms with Crippen LogP contribution in [0.2, 0.25) is 0 Å². The van der Waals surface area contributed by atoms with E-state index in [0.29, 0.717) is 13.1 Å². The fourth-order valence-corrected chi connectivity index (χ4v) is 1.69. The Morgan fingerprint density at radius 3 is 2.47 bits per heavy atom. The number of alkyl carbamates (subject to hydrolysis) is 1. The van der Waals surface area contributed by atoms with Gasteiger partial charge in [-0.25, -0.2) is 4.79 Å². The van der Waals surface area contributed by atoms with E-state index in [9.17, 15) is 4.79 Å². The van der Waals surface area contributed by atoms with Crippen LogP contribution in [0.5, 0.6) is 0 Å². The van der Waals surface area contributed by atoms with E-state index in [4.69, 9.17) is 10.5 Å². The number of carbonyl (C=O) groups excluding carboxylic acids is 1. The minimum Gasteiger partial charge on any atom is -0.444 e. The first kappa shape index (κ1) is 18.2. The number of ether oxygens (including phenoxy) is 1. The topological polar surface area (TPSA) is 76.4 Å². The van der Waals surface area contributed by atoms with Gasteiger partial charge in [0.15, 0.2) is 0 Å². The highest BCUT2D eigenvalue weighted by Gasteiger charge is 2.17. The van der Waals surface area contributed by atoms with Gasteiger partial charge in [-0.15, -0.1) is 0 Å². The van der Waals surface area contributed by atoms with Crippen molar-refractivity contribution in [3.8, 4) is 0 Å². The van der Waals surface area contributed by atoms with Crippen molar-refractivity contribution in [2.45, 2.75) is 71.6 Å². The number of nitrogens with two attached hydrogens (primary N) is 1. The van der Waals surface area contributed by atoms with Crippen molar-refractivity contribution >= 4 is 6.09 Å². The smallest absolute Gasteiger partial charge is 0.407 e. The predicted molar refractivity (Wildman–Crippen MR) is 79.2 cm³/mol. The molecule has 0 aliphatic rings. The Morgan fingerprint density at radius 2 is 2.00 bits per heavy atom. The van der Waals surface area contributed by atoms with Gasteiger partial charge in [-0.1, -0.05) is 19.8 Å². The maximum atomic E-state index is 11.6. The number of hydrogen-bond donors (Lipinski definition) is 3. The van der Waals surface area contributed by atoms with Gasteiger partial charge >= 0.3 is 6.09 Å². The molecule has 0 radical (unpaired) electrons. The van der Waals surface area contributed by atoms with Crippen LogP contribution in [0.15, 0.2) is 0 Å². The number of rotatable bonds is 8. The summed E-state index contributed by atoms with van der Waals surface area (Å²) in [5.41, 5.74) is 5.16. The maximum absolute atomic E-state index is 11.6. The molecule has 0 saturated carbocycles. The van der Waals surface area contributed by atoms with Gasteiger partial charge in [0.1, 0.15) is 5.60 Å². The summed E-state index contributed by atoms with van der Waals surface area (Å²) < 4.78 is 5.22. The number of nitrogens with one attached hydrogen (secondary N) is 2. The van der Waals surface area contributed by atoms with Gasteiger partial charge in [0.25, 0.3) is 0 Å². The van der Waals surface area contributed by atoms with Crippen molar-refractivity contribution in [1.82, 2.24) is 10.6 Å². The minimum atomic E-state index is -0.457. The molecular formula is C14H31N3O2. The molecular weight excluding hydrogens is 242 g/mol. The summed E-state index contributed by atoms with van der Waals surface area (Å²) in [5.74, 6) is 0. The van der Waals surface area contributed by atoms with E-state index < -0.39 is 5.60 Å². The lowest BCUT2D eigenvalue weighted by Crippen LogP contribution is -2.47. The molecule has 0 spiro atoms. The molecule has 0 heterocycles. The number of hydrogen-bond acceptors (Lipinski definition) is 4. The zero-order chi connectivity index (χ0) is 14.9. The van der Waals surface area contributed by atoms with Crippen LogP contribution >= 0.6 is 0 Å².